The van der Waals surface area contributed by atoms with Crippen LogP contribution in [-0.2, 0) is 4.79 Å². The molecule has 0 spiro atoms. The number of carbonyl (C=O) groups is 1. The standard InChI is InChI=1S/C9H10ClN3O/c10-8-2-1-3-9(11-8)13-5-4-7(6-14)12-13/h1-3,6-7,12H,4-5H2. The van der Waals surface area contributed by atoms with Gasteiger partial charge in [0.15, 0.2) is 0 Å². The van der Waals surface area contributed by atoms with E-state index in [1.807, 2.05) is 17.1 Å². The van der Waals surface area contributed by atoms with Crippen LogP contribution in [0, 0.1) is 0 Å². The SMILES string of the molecule is O=CC1CCN(c2cccc(Cl)n2)N1. The summed E-state index contributed by atoms with van der Waals surface area (Å²) >= 11 is 5.76. The molecular formula is C9H10ClN3O. The van der Waals surface area contributed by atoms with Gasteiger partial charge in [-0.05, 0) is 18.6 Å². The Hall–Kier alpha value is -1.13. The number of rotatable bonds is 2. The molecule has 1 aliphatic heterocycles. The summed E-state index contributed by atoms with van der Waals surface area (Å²) in [4.78, 5) is 14.7. The minimum Gasteiger partial charge on any atom is -0.302 e. The first-order chi connectivity index (χ1) is 6.79. The zero-order chi connectivity index (χ0) is 9.97. The quantitative estimate of drug-likeness (QED) is 0.586. The van der Waals surface area contributed by atoms with Crippen LogP contribution >= 0.6 is 11.6 Å². The van der Waals surface area contributed by atoms with Crippen molar-refractivity contribution in [1.82, 2.24) is 10.4 Å². The van der Waals surface area contributed by atoms with E-state index in [0.29, 0.717) is 5.15 Å². The van der Waals surface area contributed by atoms with Gasteiger partial charge in [0, 0.05) is 6.54 Å². The van der Waals surface area contributed by atoms with Gasteiger partial charge in [-0.2, -0.15) is 0 Å². The molecule has 0 amide bonds. The maximum absolute atomic E-state index is 10.5. The highest BCUT2D eigenvalue weighted by atomic mass is 35.5. The molecule has 0 bridgehead atoms. The van der Waals surface area contributed by atoms with Gasteiger partial charge in [-0.25, -0.2) is 10.4 Å². The molecular weight excluding hydrogens is 202 g/mol. The summed E-state index contributed by atoms with van der Waals surface area (Å²) in [6.45, 7) is 0.775. The number of carbonyl (C=O) groups excluding carboxylic acids is 1. The normalized spacial score (nSPS) is 21.2. The van der Waals surface area contributed by atoms with Crippen LogP contribution in [0.25, 0.3) is 0 Å². The first-order valence-corrected chi connectivity index (χ1v) is 4.79. The van der Waals surface area contributed by atoms with Crippen molar-refractivity contribution in [3.8, 4) is 0 Å². The van der Waals surface area contributed by atoms with E-state index in [1.165, 1.54) is 0 Å². The number of pyridine rings is 1. The number of hydrogen-bond donors (Lipinski definition) is 1. The van der Waals surface area contributed by atoms with E-state index in [1.54, 1.807) is 6.07 Å². The Morgan fingerprint density at radius 2 is 2.50 bits per heavy atom. The number of anilines is 1. The molecule has 1 aromatic heterocycles. The van der Waals surface area contributed by atoms with Crippen LogP contribution in [0.2, 0.25) is 5.15 Å². The zero-order valence-corrected chi connectivity index (χ0v) is 8.24. The van der Waals surface area contributed by atoms with Crippen molar-refractivity contribution in [2.24, 2.45) is 0 Å². The predicted molar refractivity (Wildman–Crippen MR) is 54.2 cm³/mol. The maximum Gasteiger partial charge on any atom is 0.144 e. The van der Waals surface area contributed by atoms with Crippen molar-refractivity contribution in [3.05, 3.63) is 23.4 Å². The molecule has 1 saturated heterocycles. The van der Waals surface area contributed by atoms with Crippen LogP contribution in [0.1, 0.15) is 6.42 Å². The van der Waals surface area contributed by atoms with E-state index >= 15 is 0 Å². The van der Waals surface area contributed by atoms with Crippen molar-refractivity contribution in [1.29, 1.82) is 0 Å². The second-order valence-corrected chi connectivity index (χ2v) is 3.52. The molecule has 2 heterocycles. The van der Waals surface area contributed by atoms with Gasteiger partial charge in [0.25, 0.3) is 0 Å². The van der Waals surface area contributed by atoms with E-state index in [2.05, 4.69) is 10.4 Å². The molecule has 0 aliphatic carbocycles. The summed E-state index contributed by atoms with van der Waals surface area (Å²) in [5.74, 6) is 0.752. The lowest BCUT2D eigenvalue weighted by atomic mass is 10.3. The number of aromatic nitrogens is 1. The Kier molecular flexibility index (Phi) is 2.65. The van der Waals surface area contributed by atoms with Crippen LogP contribution in [-0.4, -0.2) is 23.9 Å². The van der Waals surface area contributed by atoms with Gasteiger partial charge < -0.3 is 4.79 Å². The molecule has 14 heavy (non-hydrogen) atoms. The summed E-state index contributed by atoms with van der Waals surface area (Å²) in [5.41, 5.74) is 3.03. The van der Waals surface area contributed by atoms with Gasteiger partial charge in [-0.1, -0.05) is 17.7 Å². The summed E-state index contributed by atoms with van der Waals surface area (Å²) < 4.78 is 0. The van der Waals surface area contributed by atoms with Gasteiger partial charge in [0.1, 0.15) is 17.3 Å². The third-order valence-electron chi connectivity index (χ3n) is 2.13. The van der Waals surface area contributed by atoms with Crippen molar-refractivity contribution >= 4 is 23.7 Å². The first-order valence-electron chi connectivity index (χ1n) is 4.41. The second kappa shape index (κ2) is 3.94. The molecule has 1 fully saturated rings. The zero-order valence-electron chi connectivity index (χ0n) is 7.48. The van der Waals surface area contributed by atoms with Crippen molar-refractivity contribution in [2.75, 3.05) is 11.6 Å². The highest BCUT2D eigenvalue weighted by Gasteiger charge is 2.21. The molecule has 0 saturated carbocycles. The smallest absolute Gasteiger partial charge is 0.144 e. The summed E-state index contributed by atoms with van der Waals surface area (Å²) in [7, 11) is 0. The molecule has 5 heteroatoms. The first kappa shape index (κ1) is 9.43. The van der Waals surface area contributed by atoms with E-state index in [0.717, 1.165) is 25.1 Å². The van der Waals surface area contributed by atoms with Gasteiger partial charge in [0.05, 0.1) is 6.04 Å². The fourth-order valence-corrected chi connectivity index (χ4v) is 1.58. The number of hydrazine groups is 1. The lowest BCUT2D eigenvalue weighted by molar-refractivity contribution is -0.109. The largest absolute Gasteiger partial charge is 0.302 e. The van der Waals surface area contributed by atoms with Gasteiger partial charge in [0.2, 0.25) is 0 Å². The van der Waals surface area contributed by atoms with Crippen molar-refractivity contribution in [2.45, 2.75) is 12.5 Å². The van der Waals surface area contributed by atoms with Crippen LogP contribution in [0.15, 0.2) is 18.2 Å². The Morgan fingerprint density at radius 1 is 1.64 bits per heavy atom. The Balaban J connectivity index is 2.13. The van der Waals surface area contributed by atoms with Crippen molar-refractivity contribution < 1.29 is 4.79 Å². The van der Waals surface area contributed by atoms with Crippen LogP contribution in [0.4, 0.5) is 5.82 Å². The fraction of sp³-hybridized carbons (Fsp3) is 0.333. The molecule has 1 aromatic rings. The Labute approximate surface area is 86.8 Å². The third kappa shape index (κ3) is 1.86. The number of nitrogens with zero attached hydrogens (tertiary/aromatic N) is 2. The monoisotopic (exact) mass is 211 g/mol. The predicted octanol–water partition coefficient (Wildman–Crippen LogP) is 1.02. The molecule has 1 unspecified atom stereocenters. The third-order valence-corrected chi connectivity index (χ3v) is 2.34. The molecule has 0 radical (unpaired) electrons. The average Bonchev–Trinajstić information content (AvgIpc) is 2.66. The number of hydrogen-bond acceptors (Lipinski definition) is 4. The maximum atomic E-state index is 10.5. The number of aldehydes is 1. The molecule has 0 aromatic carbocycles. The minimum atomic E-state index is -0.101. The molecule has 1 aliphatic rings. The topological polar surface area (TPSA) is 45.2 Å². The highest BCUT2D eigenvalue weighted by Crippen LogP contribution is 2.16. The van der Waals surface area contributed by atoms with E-state index in [4.69, 9.17) is 11.6 Å². The second-order valence-electron chi connectivity index (χ2n) is 3.13. The van der Waals surface area contributed by atoms with E-state index in [-0.39, 0.29) is 6.04 Å². The van der Waals surface area contributed by atoms with E-state index in [9.17, 15) is 4.79 Å². The lowest BCUT2D eigenvalue weighted by Gasteiger charge is -2.17. The lowest BCUT2D eigenvalue weighted by Crippen LogP contribution is -2.36. The van der Waals surface area contributed by atoms with Crippen LogP contribution in [0.5, 0.6) is 0 Å². The highest BCUT2D eigenvalue weighted by molar-refractivity contribution is 6.29. The summed E-state index contributed by atoms with van der Waals surface area (Å²) in [6, 6.07) is 5.31. The fourth-order valence-electron chi connectivity index (χ4n) is 1.42. The summed E-state index contributed by atoms with van der Waals surface area (Å²) in [6.07, 6.45) is 1.71. The van der Waals surface area contributed by atoms with Crippen LogP contribution in [0.3, 0.4) is 0 Å². The molecule has 74 valence electrons. The Morgan fingerprint density at radius 3 is 3.14 bits per heavy atom. The minimum absolute atomic E-state index is 0.101. The van der Waals surface area contributed by atoms with Gasteiger partial charge in [-0.3, -0.25) is 5.01 Å². The van der Waals surface area contributed by atoms with Crippen molar-refractivity contribution in [3.63, 3.8) is 0 Å². The molecule has 4 nitrogen and oxygen atoms in total. The number of nitrogens with one attached hydrogen (secondary N) is 1. The molecule has 1 N–H and O–H groups in total. The van der Waals surface area contributed by atoms with E-state index < -0.39 is 0 Å². The summed E-state index contributed by atoms with van der Waals surface area (Å²) in [5, 5.41) is 2.30. The molecule has 2 rings (SSSR count). The van der Waals surface area contributed by atoms with Gasteiger partial charge >= 0.3 is 0 Å². The average molecular weight is 212 g/mol. The number of halogens is 1. The van der Waals surface area contributed by atoms with Crippen LogP contribution < -0.4 is 10.4 Å². The molecule has 1 atom stereocenters. The Bertz CT molecular complexity index is 345. The van der Waals surface area contributed by atoms with Gasteiger partial charge in [-0.15, -0.1) is 0 Å².